The first-order valence-electron chi connectivity index (χ1n) is 5.42. The monoisotopic (exact) mass is 263 g/mol. The van der Waals surface area contributed by atoms with E-state index < -0.39 is 17.7 Å². The summed E-state index contributed by atoms with van der Waals surface area (Å²) >= 11 is 0. The van der Waals surface area contributed by atoms with Crippen LogP contribution in [0, 0.1) is 11.6 Å². The Balaban J connectivity index is 2.03. The molecule has 0 heterocycles. The van der Waals surface area contributed by atoms with E-state index in [0.29, 0.717) is 11.4 Å². The van der Waals surface area contributed by atoms with Crippen molar-refractivity contribution in [3.8, 4) is 0 Å². The molecule has 19 heavy (non-hydrogen) atoms. The Labute approximate surface area is 108 Å². The highest BCUT2D eigenvalue weighted by molar-refractivity contribution is 5.99. The number of nitrogens with two attached hydrogens (primary N) is 1. The summed E-state index contributed by atoms with van der Waals surface area (Å²) < 4.78 is 25.8. The van der Waals surface area contributed by atoms with Crippen LogP contribution in [-0.2, 0) is 0 Å². The molecule has 0 spiro atoms. The fourth-order valence-corrected chi connectivity index (χ4v) is 1.49. The predicted molar refractivity (Wildman–Crippen MR) is 69.9 cm³/mol. The summed E-state index contributed by atoms with van der Waals surface area (Å²) in [6.07, 6.45) is 0. The number of nitrogens with one attached hydrogen (secondary N) is 2. The maximum absolute atomic E-state index is 12.9. The van der Waals surface area contributed by atoms with Crippen molar-refractivity contribution >= 4 is 23.1 Å². The van der Waals surface area contributed by atoms with Crippen molar-refractivity contribution in [2.45, 2.75) is 0 Å². The van der Waals surface area contributed by atoms with Gasteiger partial charge in [0.2, 0.25) is 0 Å². The molecule has 0 aliphatic heterocycles. The van der Waals surface area contributed by atoms with Gasteiger partial charge in [-0.1, -0.05) is 0 Å². The summed E-state index contributed by atoms with van der Waals surface area (Å²) in [5, 5.41) is 4.83. The second kappa shape index (κ2) is 5.34. The Morgan fingerprint density at radius 1 is 0.895 bits per heavy atom. The number of anilines is 3. The fourth-order valence-electron chi connectivity index (χ4n) is 1.49. The second-order valence-electron chi connectivity index (χ2n) is 3.86. The van der Waals surface area contributed by atoms with Gasteiger partial charge in [-0.2, -0.15) is 0 Å². The van der Waals surface area contributed by atoms with Crippen molar-refractivity contribution in [2.75, 3.05) is 16.4 Å². The third-order valence-electron chi connectivity index (χ3n) is 2.29. The summed E-state index contributed by atoms with van der Waals surface area (Å²) in [7, 11) is 0. The number of hydrogen-bond donors (Lipinski definition) is 3. The lowest BCUT2D eigenvalue weighted by Gasteiger charge is -2.08. The topological polar surface area (TPSA) is 67.1 Å². The van der Waals surface area contributed by atoms with Gasteiger partial charge >= 0.3 is 6.03 Å². The number of carbonyl (C=O) groups is 1. The zero-order valence-corrected chi connectivity index (χ0v) is 9.78. The van der Waals surface area contributed by atoms with Crippen LogP contribution in [0.1, 0.15) is 0 Å². The maximum Gasteiger partial charge on any atom is 0.323 e. The van der Waals surface area contributed by atoms with E-state index in [0.717, 1.165) is 18.2 Å². The number of nitrogen functional groups attached to an aromatic ring is 1. The highest BCUT2D eigenvalue weighted by atomic mass is 19.1. The van der Waals surface area contributed by atoms with Gasteiger partial charge in [-0.05, 0) is 36.4 Å². The fraction of sp³-hybridized carbons (Fsp3) is 0. The minimum Gasteiger partial charge on any atom is -0.399 e. The molecule has 0 saturated carbocycles. The molecule has 0 aliphatic rings. The highest BCUT2D eigenvalue weighted by Crippen LogP contribution is 2.14. The minimum absolute atomic E-state index is 0.0328. The lowest BCUT2D eigenvalue weighted by Crippen LogP contribution is -2.19. The highest BCUT2D eigenvalue weighted by Gasteiger charge is 2.05. The van der Waals surface area contributed by atoms with E-state index >= 15 is 0 Å². The van der Waals surface area contributed by atoms with Gasteiger partial charge in [0.1, 0.15) is 11.6 Å². The molecule has 0 aliphatic carbocycles. The molecule has 0 saturated heterocycles. The number of urea groups is 1. The molecule has 6 heteroatoms. The van der Waals surface area contributed by atoms with E-state index in [1.165, 1.54) is 0 Å². The van der Waals surface area contributed by atoms with Crippen LogP contribution in [0.25, 0.3) is 0 Å². The largest absolute Gasteiger partial charge is 0.399 e. The summed E-state index contributed by atoms with van der Waals surface area (Å²) in [5.74, 6) is -1.52. The van der Waals surface area contributed by atoms with Gasteiger partial charge in [0, 0.05) is 23.1 Å². The van der Waals surface area contributed by atoms with E-state index in [-0.39, 0.29) is 5.69 Å². The van der Waals surface area contributed by atoms with Crippen molar-refractivity contribution in [3.05, 3.63) is 54.1 Å². The Morgan fingerprint density at radius 2 is 1.42 bits per heavy atom. The Morgan fingerprint density at radius 3 is 2.00 bits per heavy atom. The SMILES string of the molecule is Nc1ccc(NC(=O)Nc2cc(F)cc(F)c2)cc1. The van der Waals surface area contributed by atoms with Crippen LogP contribution >= 0.6 is 0 Å². The average Bonchev–Trinajstić information content (AvgIpc) is 2.30. The Hall–Kier alpha value is -2.63. The van der Waals surface area contributed by atoms with Gasteiger partial charge in [-0.25, -0.2) is 13.6 Å². The normalized spacial score (nSPS) is 10.0. The molecule has 0 radical (unpaired) electrons. The van der Waals surface area contributed by atoms with Crippen LogP contribution in [0.2, 0.25) is 0 Å². The number of halogens is 2. The first-order chi connectivity index (χ1) is 9.02. The van der Waals surface area contributed by atoms with Gasteiger partial charge in [0.15, 0.2) is 0 Å². The van der Waals surface area contributed by atoms with Crippen molar-refractivity contribution < 1.29 is 13.6 Å². The van der Waals surface area contributed by atoms with Gasteiger partial charge < -0.3 is 16.4 Å². The first kappa shape index (κ1) is 12.8. The number of benzene rings is 2. The minimum atomic E-state index is -0.761. The Kier molecular flexibility index (Phi) is 3.61. The number of amides is 2. The molecule has 2 amide bonds. The average molecular weight is 263 g/mol. The standard InChI is InChI=1S/C13H11F2N3O/c14-8-5-9(15)7-12(6-8)18-13(19)17-11-3-1-10(16)2-4-11/h1-7H,16H2,(H2,17,18,19). The molecule has 0 bridgehead atoms. The summed E-state index contributed by atoms with van der Waals surface area (Å²) in [5.41, 5.74) is 6.62. The number of hydrogen-bond acceptors (Lipinski definition) is 2. The van der Waals surface area contributed by atoms with E-state index in [1.807, 2.05) is 0 Å². The molecule has 2 aromatic carbocycles. The molecular weight excluding hydrogens is 252 g/mol. The smallest absolute Gasteiger partial charge is 0.323 e. The predicted octanol–water partition coefficient (Wildman–Crippen LogP) is 3.19. The second-order valence-corrected chi connectivity index (χ2v) is 3.86. The lowest BCUT2D eigenvalue weighted by atomic mass is 10.3. The van der Waals surface area contributed by atoms with Crippen LogP contribution in [0.4, 0.5) is 30.6 Å². The molecule has 4 nitrogen and oxygen atoms in total. The molecule has 2 rings (SSSR count). The zero-order valence-electron chi connectivity index (χ0n) is 9.78. The third-order valence-corrected chi connectivity index (χ3v) is 2.29. The maximum atomic E-state index is 12.9. The molecule has 98 valence electrons. The van der Waals surface area contributed by atoms with Crippen LogP contribution in [-0.4, -0.2) is 6.03 Å². The van der Waals surface area contributed by atoms with Crippen molar-refractivity contribution in [1.29, 1.82) is 0 Å². The van der Waals surface area contributed by atoms with E-state index in [2.05, 4.69) is 10.6 Å². The van der Waals surface area contributed by atoms with E-state index in [1.54, 1.807) is 24.3 Å². The molecule has 0 unspecified atom stereocenters. The first-order valence-corrected chi connectivity index (χ1v) is 5.42. The van der Waals surface area contributed by atoms with Crippen molar-refractivity contribution in [2.24, 2.45) is 0 Å². The van der Waals surface area contributed by atoms with Gasteiger partial charge in [-0.15, -0.1) is 0 Å². The molecular formula is C13H11F2N3O. The quantitative estimate of drug-likeness (QED) is 0.728. The summed E-state index contributed by atoms with van der Waals surface area (Å²) in [4.78, 5) is 11.6. The van der Waals surface area contributed by atoms with Gasteiger partial charge in [-0.3, -0.25) is 0 Å². The third kappa shape index (κ3) is 3.67. The molecule has 0 aromatic heterocycles. The molecule has 0 fully saturated rings. The molecule has 2 aromatic rings. The molecule has 4 N–H and O–H groups in total. The molecule has 0 atom stereocenters. The summed E-state index contributed by atoms with van der Waals surface area (Å²) in [6, 6.07) is 8.63. The number of carbonyl (C=O) groups excluding carboxylic acids is 1. The van der Waals surface area contributed by atoms with Gasteiger partial charge in [0.05, 0.1) is 0 Å². The van der Waals surface area contributed by atoms with E-state index in [9.17, 15) is 13.6 Å². The van der Waals surface area contributed by atoms with Crippen LogP contribution < -0.4 is 16.4 Å². The van der Waals surface area contributed by atoms with Crippen molar-refractivity contribution in [3.63, 3.8) is 0 Å². The zero-order chi connectivity index (χ0) is 13.8. The lowest BCUT2D eigenvalue weighted by molar-refractivity contribution is 0.262. The van der Waals surface area contributed by atoms with E-state index in [4.69, 9.17) is 5.73 Å². The van der Waals surface area contributed by atoms with Crippen LogP contribution in [0.15, 0.2) is 42.5 Å². The van der Waals surface area contributed by atoms with Crippen LogP contribution in [0.3, 0.4) is 0 Å². The summed E-state index contributed by atoms with van der Waals surface area (Å²) in [6.45, 7) is 0. The van der Waals surface area contributed by atoms with Crippen LogP contribution in [0.5, 0.6) is 0 Å². The van der Waals surface area contributed by atoms with Gasteiger partial charge in [0.25, 0.3) is 0 Å². The number of rotatable bonds is 2. The van der Waals surface area contributed by atoms with Crippen molar-refractivity contribution in [1.82, 2.24) is 0 Å². The Bertz CT molecular complexity index is 579.